The van der Waals surface area contributed by atoms with Gasteiger partial charge in [0, 0.05) is 37.3 Å². The molecule has 2 N–H and O–H groups in total. The number of nitrogens with two attached hydrogens (primary N) is 1. The molecule has 0 saturated carbocycles. The zero-order chi connectivity index (χ0) is 20.9. The highest BCUT2D eigenvalue weighted by Gasteiger charge is 2.35. The predicted octanol–water partition coefficient (Wildman–Crippen LogP) is 2.93. The first-order valence-electron chi connectivity index (χ1n) is 10.7. The van der Waals surface area contributed by atoms with Gasteiger partial charge in [-0.25, -0.2) is 4.98 Å². The third-order valence-corrected chi connectivity index (χ3v) is 6.34. The molecule has 31 heavy (non-hydrogen) atoms. The lowest BCUT2D eigenvalue weighted by Crippen LogP contribution is -2.63. The van der Waals surface area contributed by atoms with Crippen LogP contribution in [0.4, 0.5) is 11.7 Å². The molecule has 8 nitrogen and oxygen atoms in total. The number of rotatable bonds is 3. The van der Waals surface area contributed by atoms with E-state index in [9.17, 15) is 0 Å². The van der Waals surface area contributed by atoms with Crippen molar-refractivity contribution in [1.82, 2.24) is 19.9 Å². The van der Waals surface area contributed by atoms with Gasteiger partial charge in [-0.2, -0.15) is 4.98 Å². The van der Waals surface area contributed by atoms with Crippen LogP contribution in [0.1, 0.15) is 6.92 Å². The van der Waals surface area contributed by atoms with Crippen LogP contribution in [0.5, 0.6) is 0 Å². The van der Waals surface area contributed by atoms with Crippen LogP contribution >= 0.6 is 0 Å². The molecule has 0 unspecified atom stereocenters. The fourth-order valence-electron chi connectivity index (χ4n) is 4.59. The van der Waals surface area contributed by atoms with E-state index in [-0.39, 0.29) is 6.01 Å². The summed E-state index contributed by atoms with van der Waals surface area (Å²) < 4.78 is 10.9. The number of benzene rings is 1. The van der Waals surface area contributed by atoms with Crippen LogP contribution in [0, 0.1) is 0 Å². The number of nitrogens with zero attached hydrogens (tertiary/aromatic N) is 5. The topological polar surface area (TPSA) is 93.5 Å². The van der Waals surface area contributed by atoms with Crippen molar-refractivity contribution in [2.45, 2.75) is 19.0 Å². The van der Waals surface area contributed by atoms with E-state index in [1.165, 1.54) is 0 Å². The monoisotopic (exact) mass is 416 g/mol. The zero-order valence-corrected chi connectivity index (χ0v) is 17.4. The van der Waals surface area contributed by atoms with Crippen LogP contribution in [0.25, 0.3) is 33.4 Å². The number of ether oxygens (including phenoxy) is 1. The molecule has 1 atom stereocenters. The van der Waals surface area contributed by atoms with Gasteiger partial charge in [-0.15, -0.1) is 0 Å². The maximum Gasteiger partial charge on any atom is 0.292 e. The molecular weight excluding hydrogens is 392 g/mol. The smallest absolute Gasteiger partial charge is 0.292 e. The molecular formula is C23H24N6O2. The van der Waals surface area contributed by atoms with Crippen molar-refractivity contribution in [2.75, 3.05) is 43.5 Å². The van der Waals surface area contributed by atoms with Crippen LogP contribution in [0.3, 0.4) is 0 Å². The molecule has 158 valence electrons. The molecule has 4 aromatic rings. The molecule has 3 aromatic heterocycles. The number of fused-ring (bicyclic) bond motifs is 2. The largest absolute Gasteiger partial charge is 0.424 e. The second-order valence-electron chi connectivity index (χ2n) is 8.38. The van der Waals surface area contributed by atoms with Crippen molar-refractivity contribution >= 4 is 33.8 Å². The van der Waals surface area contributed by atoms with E-state index >= 15 is 0 Å². The average molecular weight is 416 g/mol. The molecule has 5 heterocycles. The Balaban J connectivity index is 1.25. The maximum atomic E-state index is 5.67. The Bertz CT molecular complexity index is 1270. The van der Waals surface area contributed by atoms with Gasteiger partial charge in [0.2, 0.25) is 0 Å². The molecule has 0 bridgehead atoms. The van der Waals surface area contributed by atoms with Gasteiger partial charge in [-0.05, 0) is 43.3 Å². The number of nitrogen functional groups attached to an aromatic ring is 1. The number of morpholine rings is 1. The summed E-state index contributed by atoms with van der Waals surface area (Å²) in [5, 5.41) is 0. The number of pyridine rings is 2. The van der Waals surface area contributed by atoms with Gasteiger partial charge < -0.3 is 19.8 Å². The van der Waals surface area contributed by atoms with Gasteiger partial charge in [0.05, 0.1) is 41.8 Å². The van der Waals surface area contributed by atoms with Gasteiger partial charge in [0.15, 0.2) is 5.58 Å². The van der Waals surface area contributed by atoms with E-state index in [1.807, 2.05) is 36.5 Å². The summed E-state index contributed by atoms with van der Waals surface area (Å²) in [5.74, 6) is 0. The SMILES string of the molecule is C[C@H]1COCCN1C1CN(c2cnc3ccc(-c4ccc5oc(N)nc5c4)nc3c2)C1. The van der Waals surface area contributed by atoms with Crippen LogP contribution in [-0.4, -0.2) is 64.8 Å². The quantitative estimate of drug-likeness (QED) is 0.545. The van der Waals surface area contributed by atoms with E-state index in [1.54, 1.807) is 0 Å². The van der Waals surface area contributed by atoms with Crippen LogP contribution in [0.2, 0.25) is 0 Å². The molecule has 0 amide bonds. The molecule has 2 aliphatic rings. The van der Waals surface area contributed by atoms with Gasteiger partial charge in [0.25, 0.3) is 6.01 Å². The number of hydrogen-bond donors (Lipinski definition) is 1. The summed E-state index contributed by atoms with van der Waals surface area (Å²) in [6, 6.07) is 13.2. The molecule has 1 aromatic carbocycles. The van der Waals surface area contributed by atoms with E-state index in [0.29, 0.717) is 17.7 Å². The lowest BCUT2D eigenvalue weighted by Gasteiger charge is -2.49. The minimum atomic E-state index is 0.173. The Kier molecular flexibility index (Phi) is 4.29. The first-order chi connectivity index (χ1) is 15.1. The highest BCUT2D eigenvalue weighted by atomic mass is 16.5. The summed E-state index contributed by atoms with van der Waals surface area (Å²) in [6.45, 7) is 6.95. The van der Waals surface area contributed by atoms with Crippen molar-refractivity contribution in [3.63, 3.8) is 0 Å². The highest BCUT2D eigenvalue weighted by Crippen LogP contribution is 2.29. The first kappa shape index (κ1) is 18.5. The Morgan fingerprint density at radius 1 is 1.03 bits per heavy atom. The summed E-state index contributed by atoms with van der Waals surface area (Å²) in [4.78, 5) is 18.7. The second kappa shape index (κ2) is 7.18. The Hall–Kier alpha value is -3.23. The minimum absolute atomic E-state index is 0.173. The molecule has 0 aliphatic carbocycles. The third-order valence-electron chi connectivity index (χ3n) is 6.34. The molecule has 2 fully saturated rings. The van der Waals surface area contributed by atoms with Crippen molar-refractivity contribution < 1.29 is 9.15 Å². The second-order valence-corrected chi connectivity index (χ2v) is 8.38. The number of aromatic nitrogens is 3. The lowest BCUT2D eigenvalue weighted by atomic mass is 10.0. The summed E-state index contributed by atoms with van der Waals surface area (Å²) in [7, 11) is 0. The average Bonchev–Trinajstić information content (AvgIpc) is 3.12. The Labute approximate surface area is 179 Å². The first-order valence-corrected chi connectivity index (χ1v) is 10.7. The van der Waals surface area contributed by atoms with E-state index < -0.39 is 0 Å². The zero-order valence-electron chi connectivity index (χ0n) is 17.4. The van der Waals surface area contributed by atoms with Crippen molar-refractivity contribution in [3.05, 3.63) is 42.6 Å². The van der Waals surface area contributed by atoms with Crippen molar-refractivity contribution in [1.29, 1.82) is 0 Å². The van der Waals surface area contributed by atoms with E-state index in [0.717, 1.165) is 66.3 Å². The summed E-state index contributed by atoms with van der Waals surface area (Å²) >= 11 is 0. The number of oxazole rings is 1. The standard InChI is InChI=1S/C23H24N6O2/c1-14-13-30-7-6-29(14)17-11-28(12-17)16-9-20-19(25-10-16)4-3-18(26-20)15-2-5-22-21(8-15)27-23(24)31-22/h2-5,8-10,14,17H,6-7,11-13H2,1H3,(H2,24,27)/t14-/m0/s1. The van der Waals surface area contributed by atoms with Gasteiger partial charge in [0.1, 0.15) is 5.52 Å². The molecule has 2 saturated heterocycles. The highest BCUT2D eigenvalue weighted by molar-refractivity contribution is 5.84. The minimum Gasteiger partial charge on any atom is -0.424 e. The number of anilines is 2. The van der Waals surface area contributed by atoms with Gasteiger partial charge >= 0.3 is 0 Å². The molecule has 0 spiro atoms. The number of hydrogen-bond acceptors (Lipinski definition) is 8. The van der Waals surface area contributed by atoms with E-state index in [2.05, 4.69) is 32.8 Å². The normalized spacial score (nSPS) is 20.4. The van der Waals surface area contributed by atoms with Gasteiger partial charge in [-0.1, -0.05) is 0 Å². The van der Waals surface area contributed by atoms with Gasteiger partial charge in [-0.3, -0.25) is 9.88 Å². The summed E-state index contributed by atoms with van der Waals surface area (Å²) in [6.07, 6.45) is 1.95. The van der Waals surface area contributed by atoms with Crippen molar-refractivity contribution in [3.8, 4) is 11.3 Å². The third kappa shape index (κ3) is 3.28. The molecule has 6 rings (SSSR count). The summed E-state index contributed by atoms with van der Waals surface area (Å²) in [5.41, 5.74) is 11.8. The predicted molar refractivity (Wildman–Crippen MR) is 120 cm³/mol. The molecule has 2 aliphatic heterocycles. The lowest BCUT2D eigenvalue weighted by molar-refractivity contribution is -0.0274. The van der Waals surface area contributed by atoms with Crippen LogP contribution in [-0.2, 0) is 4.74 Å². The Morgan fingerprint density at radius 3 is 2.81 bits per heavy atom. The Morgan fingerprint density at radius 2 is 1.94 bits per heavy atom. The van der Waals surface area contributed by atoms with Crippen molar-refractivity contribution in [2.24, 2.45) is 0 Å². The molecule has 0 radical (unpaired) electrons. The fourth-order valence-corrected chi connectivity index (χ4v) is 4.59. The van der Waals surface area contributed by atoms with E-state index in [4.69, 9.17) is 19.9 Å². The van der Waals surface area contributed by atoms with Crippen LogP contribution in [0.15, 0.2) is 47.0 Å². The fraction of sp³-hybridized carbons (Fsp3) is 0.348. The molecule has 8 heteroatoms. The maximum absolute atomic E-state index is 5.67. The van der Waals surface area contributed by atoms with Crippen LogP contribution < -0.4 is 10.6 Å².